The predicted octanol–water partition coefficient (Wildman–Crippen LogP) is 2.74. The number of esters is 1. The molecule has 0 unspecified atom stereocenters. The van der Waals surface area contributed by atoms with Gasteiger partial charge in [0, 0.05) is 18.7 Å². The number of hydrogen-bond donors (Lipinski definition) is 0. The van der Waals surface area contributed by atoms with Crippen LogP contribution in [0.15, 0.2) is 24.3 Å². The van der Waals surface area contributed by atoms with Crippen LogP contribution in [0.4, 0.5) is 0 Å². The first-order valence-corrected chi connectivity index (χ1v) is 6.61. The van der Waals surface area contributed by atoms with Crippen molar-refractivity contribution in [2.45, 2.75) is 26.7 Å². The van der Waals surface area contributed by atoms with E-state index in [1.54, 1.807) is 24.3 Å². The second kappa shape index (κ2) is 7.56. The van der Waals surface area contributed by atoms with Gasteiger partial charge in [-0.1, -0.05) is 13.3 Å². The quantitative estimate of drug-likeness (QED) is 0.741. The first-order valence-electron chi connectivity index (χ1n) is 6.61. The minimum atomic E-state index is -0.391. The van der Waals surface area contributed by atoms with Crippen LogP contribution >= 0.6 is 0 Å². The number of nitrogens with zero attached hydrogens (tertiary/aromatic N) is 1. The van der Waals surface area contributed by atoms with Gasteiger partial charge < -0.3 is 9.64 Å². The fourth-order valence-corrected chi connectivity index (χ4v) is 1.80. The Morgan fingerprint density at radius 2 is 1.68 bits per heavy atom. The Labute approximate surface area is 114 Å². The van der Waals surface area contributed by atoms with Crippen LogP contribution in [0.3, 0.4) is 0 Å². The van der Waals surface area contributed by atoms with Gasteiger partial charge in [-0.2, -0.15) is 0 Å². The van der Waals surface area contributed by atoms with Gasteiger partial charge in [0.15, 0.2) is 0 Å². The molecular weight excluding hydrogens is 242 g/mol. The van der Waals surface area contributed by atoms with E-state index < -0.39 is 5.97 Å². The van der Waals surface area contributed by atoms with E-state index in [1.807, 2.05) is 11.8 Å². The summed E-state index contributed by atoms with van der Waals surface area (Å²) in [5.41, 5.74) is 1.06. The van der Waals surface area contributed by atoms with Gasteiger partial charge in [0.1, 0.15) is 0 Å². The van der Waals surface area contributed by atoms with Crippen LogP contribution in [0, 0.1) is 0 Å². The molecule has 0 heterocycles. The van der Waals surface area contributed by atoms with Crippen molar-refractivity contribution in [2.24, 2.45) is 0 Å². The van der Waals surface area contributed by atoms with Crippen molar-refractivity contribution in [1.29, 1.82) is 0 Å². The van der Waals surface area contributed by atoms with Crippen LogP contribution in [-0.2, 0) is 4.74 Å². The third-order valence-corrected chi connectivity index (χ3v) is 3.00. The Kier molecular flexibility index (Phi) is 6.06. The van der Waals surface area contributed by atoms with Gasteiger partial charge in [-0.25, -0.2) is 4.79 Å². The summed E-state index contributed by atoms with van der Waals surface area (Å²) in [5.74, 6) is -0.385. The molecule has 0 radical (unpaired) electrons. The molecular formula is C15H21NO3. The summed E-state index contributed by atoms with van der Waals surface area (Å²) in [5, 5.41) is 0. The molecule has 0 saturated carbocycles. The predicted molar refractivity (Wildman–Crippen MR) is 74.3 cm³/mol. The van der Waals surface area contributed by atoms with E-state index in [2.05, 4.69) is 11.7 Å². The molecule has 4 nitrogen and oxygen atoms in total. The summed E-state index contributed by atoms with van der Waals surface area (Å²) in [6.45, 7) is 5.53. The van der Waals surface area contributed by atoms with Gasteiger partial charge in [0.05, 0.1) is 12.7 Å². The smallest absolute Gasteiger partial charge is 0.337 e. The number of hydrogen-bond acceptors (Lipinski definition) is 3. The number of ether oxygens (including phenoxy) is 1. The Balaban J connectivity index is 2.78. The average Bonchev–Trinajstić information content (AvgIpc) is 2.47. The highest BCUT2D eigenvalue weighted by molar-refractivity contribution is 5.96. The third-order valence-electron chi connectivity index (χ3n) is 3.00. The van der Waals surface area contributed by atoms with Crippen molar-refractivity contribution in [1.82, 2.24) is 4.90 Å². The molecule has 0 saturated heterocycles. The van der Waals surface area contributed by atoms with Crippen LogP contribution in [-0.4, -0.2) is 37.0 Å². The lowest BCUT2D eigenvalue weighted by Crippen LogP contribution is -2.31. The highest BCUT2D eigenvalue weighted by Gasteiger charge is 2.14. The minimum Gasteiger partial charge on any atom is -0.465 e. The largest absolute Gasteiger partial charge is 0.465 e. The van der Waals surface area contributed by atoms with Gasteiger partial charge in [-0.15, -0.1) is 0 Å². The number of methoxy groups -OCH3 is 1. The Bertz CT molecular complexity index is 426. The normalized spacial score (nSPS) is 10.1. The van der Waals surface area contributed by atoms with E-state index in [9.17, 15) is 9.59 Å². The molecule has 1 amide bonds. The van der Waals surface area contributed by atoms with Gasteiger partial charge in [0.25, 0.3) is 5.91 Å². The molecule has 1 aromatic rings. The summed E-state index contributed by atoms with van der Waals surface area (Å²) in [6.07, 6.45) is 2.06. The molecule has 0 N–H and O–H groups in total. The molecule has 1 rings (SSSR count). The molecule has 0 aliphatic heterocycles. The fraction of sp³-hybridized carbons (Fsp3) is 0.467. The van der Waals surface area contributed by atoms with E-state index in [-0.39, 0.29) is 5.91 Å². The number of amides is 1. The summed E-state index contributed by atoms with van der Waals surface area (Å²) in [7, 11) is 1.34. The van der Waals surface area contributed by atoms with E-state index in [0.29, 0.717) is 17.7 Å². The van der Waals surface area contributed by atoms with E-state index in [4.69, 9.17) is 0 Å². The molecule has 0 bridgehead atoms. The molecule has 0 atom stereocenters. The first kappa shape index (κ1) is 15.2. The molecule has 104 valence electrons. The van der Waals surface area contributed by atoms with E-state index in [1.165, 1.54) is 7.11 Å². The maximum Gasteiger partial charge on any atom is 0.337 e. The molecule has 0 aromatic heterocycles. The number of carbonyl (C=O) groups is 2. The van der Waals surface area contributed by atoms with Crippen LogP contribution in [0.25, 0.3) is 0 Å². The average molecular weight is 263 g/mol. The summed E-state index contributed by atoms with van der Waals surface area (Å²) in [6, 6.07) is 6.58. The third kappa shape index (κ3) is 4.09. The van der Waals surface area contributed by atoms with Crippen molar-refractivity contribution < 1.29 is 14.3 Å². The Hall–Kier alpha value is -1.84. The molecule has 0 fully saturated rings. The summed E-state index contributed by atoms with van der Waals surface area (Å²) in [4.78, 5) is 25.4. The molecule has 19 heavy (non-hydrogen) atoms. The van der Waals surface area contributed by atoms with Crippen LogP contribution in [0.1, 0.15) is 47.4 Å². The van der Waals surface area contributed by atoms with Crippen LogP contribution in [0.2, 0.25) is 0 Å². The van der Waals surface area contributed by atoms with Crippen molar-refractivity contribution in [3.05, 3.63) is 35.4 Å². The SMILES string of the molecule is CCCCN(CC)C(=O)c1ccc(C(=O)OC)cc1. The van der Waals surface area contributed by atoms with Crippen molar-refractivity contribution in [3.63, 3.8) is 0 Å². The zero-order valence-corrected chi connectivity index (χ0v) is 11.8. The number of unbranched alkanes of at least 4 members (excludes halogenated alkanes) is 1. The van der Waals surface area contributed by atoms with Crippen LogP contribution in [0.5, 0.6) is 0 Å². The molecule has 4 heteroatoms. The number of benzene rings is 1. The lowest BCUT2D eigenvalue weighted by molar-refractivity contribution is 0.0599. The number of carbonyl (C=O) groups excluding carboxylic acids is 2. The first-order chi connectivity index (χ1) is 9.13. The second-order valence-corrected chi connectivity index (χ2v) is 4.31. The Morgan fingerprint density at radius 3 is 2.16 bits per heavy atom. The van der Waals surface area contributed by atoms with Crippen molar-refractivity contribution in [3.8, 4) is 0 Å². The van der Waals surface area contributed by atoms with Crippen LogP contribution < -0.4 is 0 Å². The van der Waals surface area contributed by atoms with E-state index in [0.717, 1.165) is 19.4 Å². The molecule has 0 aliphatic carbocycles. The maximum absolute atomic E-state index is 12.2. The second-order valence-electron chi connectivity index (χ2n) is 4.31. The molecule has 0 aliphatic rings. The van der Waals surface area contributed by atoms with Gasteiger partial charge >= 0.3 is 5.97 Å². The van der Waals surface area contributed by atoms with E-state index >= 15 is 0 Å². The Morgan fingerprint density at radius 1 is 1.11 bits per heavy atom. The lowest BCUT2D eigenvalue weighted by Gasteiger charge is -2.20. The molecule has 0 spiro atoms. The zero-order valence-electron chi connectivity index (χ0n) is 11.8. The van der Waals surface area contributed by atoms with Crippen molar-refractivity contribution >= 4 is 11.9 Å². The maximum atomic E-state index is 12.2. The van der Waals surface area contributed by atoms with Gasteiger partial charge in [-0.05, 0) is 37.6 Å². The standard InChI is InChI=1S/C15H21NO3/c1-4-6-11-16(5-2)14(17)12-7-9-13(10-8-12)15(18)19-3/h7-10H,4-6,11H2,1-3H3. The topological polar surface area (TPSA) is 46.6 Å². The molecule has 1 aromatic carbocycles. The highest BCUT2D eigenvalue weighted by Crippen LogP contribution is 2.09. The highest BCUT2D eigenvalue weighted by atomic mass is 16.5. The minimum absolute atomic E-state index is 0.00682. The van der Waals surface area contributed by atoms with Gasteiger partial charge in [0.2, 0.25) is 0 Å². The van der Waals surface area contributed by atoms with Gasteiger partial charge in [-0.3, -0.25) is 4.79 Å². The number of rotatable bonds is 6. The fourth-order valence-electron chi connectivity index (χ4n) is 1.80. The monoisotopic (exact) mass is 263 g/mol. The summed E-state index contributed by atoms with van der Waals surface area (Å²) >= 11 is 0. The lowest BCUT2D eigenvalue weighted by atomic mass is 10.1. The van der Waals surface area contributed by atoms with Crippen molar-refractivity contribution in [2.75, 3.05) is 20.2 Å². The summed E-state index contributed by atoms with van der Waals surface area (Å²) < 4.78 is 4.62. The zero-order chi connectivity index (χ0) is 14.3.